The molecule has 152 valence electrons. The highest BCUT2D eigenvalue weighted by atomic mass is 16.1. The molecule has 1 aromatic heterocycles. The van der Waals surface area contributed by atoms with Crippen molar-refractivity contribution in [3.63, 3.8) is 0 Å². The van der Waals surface area contributed by atoms with E-state index in [1.807, 2.05) is 68.4 Å². The first-order valence-electron chi connectivity index (χ1n) is 9.98. The van der Waals surface area contributed by atoms with Gasteiger partial charge in [-0.25, -0.2) is 4.98 Å². The molecule has 1 amide bonds. The molecule has 0 saturated carbocycles. The van der Waals surface area contributed by atoms with Crippen LogP contribution in [-0.2, 0) is 0 Å². The number of benzene rings is 3. The van der Waals surface area contributed by atoms with E-state index in [1.165, 1.54) is 11.1 Å². The van der Waals surface area contributed by atoms with Gasteiger partial charge >= 0.3 is 0 Å². The number of anilines is 2. The van der Waals surface area contributed by atoms with Gasteiger partial charge in [-0.05, 0) is 92.1 Å². The molecule has 0 spiro atoms. The van der Waals surface area contributed by atoms with Crippen LogP contribution in [0.3, 0.4) is 0 Å². The molecule has 0 aliphatic rings. The molecule has 30 heavy (non-hydrogen) atoms. The van der Waals surface area contributed by atoms with Gasteiger partial charge in [0.05, 0.1) is 11.0 Å². The van der Waals surface area contributed by atoms with Crippen LogP contribution in [0.5, 0.6) is 0 Å². The number of hydrogen-bond acceptors (Lipinski definition) is 3. The summed E-state index contributed by atoms with van der Waals surface area (Å²) in [6.07, 6.45) is 0. The van der Waals surface area contributed by atoms with E-state index in [4.69, 9.17) is 4.98 Å². The van der Waals surface area contributed by atoms with Crippen molar-refractivity contribution in [2.45, 2.75) is 20.8 Å². The monoisotopic (exact) mass is 398 g/mol. The van der Waals surface area contributed by atoms with Crippen LogP contribution in [0, 0.1) is 20.8 Å². The Hall–Kier alpha value is -3.60. The molecule has 3 aromatic carbocycles. The normalized spacial score (nSPS) is 11.0. The van der Waals surface area contributed by atoms with Gasteiger partial charge in [-0.2, -0.15) is 0 Å². The van der Waals surface area contributed by atoms with Gasteiger partial charge in [0, 0.05) is 36.6 Å². The molecule has 4 aromatic rings. The zero-order chi connectivity index (χ0) is 21.4. The number of amides is 1. The van der Waals surface area contributed by atoms with E-state index in [-0.39, 0.29) is 5.91 Å². The molecular formula is C25H26N4O. The Morgan fingerprint density at radius 3 is 2.27 bits per heavy atom. The second-order valence-corrected chi connectivity index (χ2v) is 7.97. The topological polar surface area (TPSA) is 61.0 Å². The standard InChI is InChI=1S/C25H26N4O/c1-15-13-21-22(14-16(15)2)28-24(27-21)18-6-9-20(10-7-18)26-25(30)19-8-11-23(29(4)5)17(3)12-19/h6-14H,1-5H3,(H,26,30)(H,27,28). The minimum Gasteiger partial charge on any atom is -0.377 e. The molecule has 5 heteroatoms. The molecule has 0 radical (unpaired) electrons. The number of H-pyrrole nitrogens is 1. The smallest absolute Gasteiger partial charge is 0.255 e. The highest BCUT2D eigenvalue weighted by molar-refractivity contribution is 6.04. The Bertz CT molecular complexity index is 1200. The molecule has 0 unspecified atom stereocenters. The van der Waals surface area contributed by atoms with Gasteiger partial charge in [0.15, 0.2) is 0 Å². The van der Waals surface area contributed by atoms with Crippen molar-refractivity contribution < 1.29 is 4.79 Å². The summed E-state index contributed by atoms with van der Waals surface area (Å²) in [5.74, 6) is 0.702. The zero-order valence-electron chi connectivity index (χ0n) is 18.0. The number of aromatic amines is 1. The lowest BCUT2D eigenvalue weighted by Crippen LogP contribution is -2.14. The lowest BCUT2D eigenvalue weighted by Gasteiger charge is -2.16. The SMILES string of the molecule is Cc1cc2nc(-c3ccc(NC(=O)c4ccc(N(C)C)c(C)c4)cc3)[nH]c2cc1C. The molecule has 1 heterocycles. The van der Waals surface area contributed by atoms with Crippen LogP contribution in [0.4, 0.5) is 11.4 Å². The average molecular weight is 399 g/mol. The first kappa shape index (κ1) is 19.7. The predicted molar refractivity (Wildman–Crippen MR) is 124 cm³/mol. The number of rotatable bonds is 4. The van der Waals surface area contributed by atoms with E-state index < -0.39 is 0 Å². The van der Waals surface area contributed by atoms with E-state index in [0.29, 0.717) is 5.56 Å². The van der Waals surface area contributed by atoms with Crippen molar-refractivity contribution in [2.24, 2.45) is 0 Å². The van der Waals surface area contributed by atoms with Crippen LogP contribution in [0.25, 0.3) is 22.4 Å². The van der Waals surface area contributed by atoms with Crippen LogP contribution < -0.4 is 10.2 Å². The number of nitrogens with one attached hydrogen (secondary N) is 2. The average Bonchev–Trinajstić information content (AvgIpc) is 3.11. The second kappa shape index (κ2) is 7.67. The van der Waals surface area contributed by atoms with E-state index >= 15 is 0 Å². The molecule has 0 aliphatic carbocycles. The van der Waals surface area contributed by atoms with Gasteiger partial charge in [0.25, 0.3) is 5.91 Å². The summed E-state index contributed by atoms with van der Waals surface area (Å²) in [7, 11) is 3.99. The molecule has 0 bridgehead atoms. The largest absolute Gasteiger partial charge is 0.377 e. The van der Waals surface area contributed by atoms with Crippen molar-refractivity contribution in [2.75, 3.05) is 24.3 Å². The minimum absolute atomic E-state index is 0.120. The minimum atomic E-state index is -0.120. The molecule has 4 rings (SSSR count). The number of fused-ring (bicyclic) bond motifs is 1. The van der Waals surface area contributed by atoms with Gasteiger partial charge in [-0.1, -0.05) is 0 Å². The number of hydrogen-bond donors (Lipinski definition) is 2. The van der Waals surface area contributed by atoms with Crippen LogP contribution in [0.15, 0.2) is 54.6 Å². The summed E-state index contributed by atoms with van der Waals surface area (Å²) in [5, 5.41) is 2.97. The van der Waals surface area contributed by atoms with Gasteiger partial charge < -0.3 is 15.2 Å². The number of aryl methyl sites for hydroxylation is 3. The van der Waals surface area contributed by atoms with Gasteiger partial charge in [0.2, 0.25) is 0 Å². The van der Waals surface area contributed by atoms with Crippen LogP contribution in [0.1, 0.15) is 27.0 Å². The van der Waals surface area contributed by atoms with Crippen LogP contribution >= 0.6 is 0 Å². The van der Waals surface area contributed by atoms with Crippen molar-refractivity contribution in [3.8, 4) is 11.4 Å². The maximum atomic E-state index is 12.6. The number of carbonyl (C=O) groups is 1. The van der Waals surface area contributed by atoms with Gasteiger partial charge in [0.1, 0.15) is 5.82 Å². The summed E-state index contributed by atoms with van der Waals surface area (Å²) in [4.78, 5) is 22.8. The van der Waals surface area contributed by atoms with E-state index in [1.54, 1.807) is 0 Å². The summed E-state index contributed by atoms with van der Waals surface area (Å²) in [5.41, 5.74) is 9.00. The van der Waals surface area contributed by atoms with E-state index in [9.17, 15) is 4.79 Å². The third kappa shape index (κ3) is 3.79. The zero-order valence-corrected chi connectivity index (χ0v) is 18.0. The lowest BCUT2D eigenvalue weighted by molar-refractivity contribution is 0.102. The van der Waals surface area contributed by atoms with Crippen molar-refractivity contribution in [1.29, 1.82) is 0 Å². The summed E-state index contributed by atoms with van der Waals surface area (Å²) < 4.78 is 0. The third-order valence-corrected chi connectivity index (χ3v) is 5.45. The fraction of sp³-hybridized carbons (Fsp3) is 0.200. The molecule has 0 atom stereocenters. The molecule has 0 saturated heterocycles. The summed E-state index contributed by atoms with van der Waals surface area (Å²) in [6.45, 7) is 6.20. The summed E-state index contributed by atoms with van der Waals surface area (Å²) in [6, 6.07) is 17.7. The maximum absolute atomic E-state index is 12.6. The van der Waals surface area contributed by atoms with Crippen LogP contribution in [-0.4, -0.2) is 30.0 Å². The Labute approximate surface area is 176 Å². The number of nitrogens with zero attached hydrogens (tertiary/aromatic N) is 2. The second-order valence-electron chi connectivity index (χ2n) is 7.97. The Kier molecular flexibility index (Phi) is 5.04. The van der Waals surface area contributed by atoms with E-state index in [0.717, 1.165) is 39.4 Å². The molecule has 0 fully saturated rings. The third-order valence-electron chi connectivity index (χ3n) is 5.45. The first-order chi connectivity index (χ1) is 14.3. The van der Waals surface area contributed by atoms with Crippen molar-refractivity contribution in [3.05, 3.63) is 76.9 Å². The van der Waals surface area contributed by atoms with Crippen molar-refractivity contribution in [1.82, 2.24) is 9.97 Å². The Morgan fingerprint density at radius 2 is 1.60 bits per heavy atom. The molecular weight excluding hydrogens is 372 g/mol. The maximum Gasteiger partial charge on any atom is 0.255 e. The lowest BCUT2D eigenvalue weighted by atomic mass is 10.1. The summed E-state index contributed by atoms with van der Waals surface area (Å²) >= 11 is 0. The Balaban J connectivity index is 1.52. The number of carbonyl (C=O) groups excluding carboxylic acids is 1. The van der Waals surface area contributed by atoms with Gasteiger partial charge in [-0.3, -0.25) is 4.79 Å². The number of imidazole rings is 1. The fourth-order valence-corrected chi connectivity index (χ4v) is 3.62. The first-order valence-corrected chi connectivity index (χ1v) is 9.98. The highest BCUT2D eigenvalue weighted by Crippen LogP contribution is 2.25. The highest BCUT2D eigenvalue weighted by Gasteiger charge is 2.11. The molecule has 2 N–H and O–H groups in total. The number of aromatic nitrogens is 2. The molecule has 5 nitrogen and oxygen atoms in total. The van der Waals surface area contributed by atoms with E-state index in [2.05, 4.69) is 36.3 Å². The fourth-order valence-electron chi connectivity index (χ4n) is 3.62. The Morgan fingerprint density at radius 1 is 0.900 bits per heavy atom. The van der Waals surface area contributed by atoms with Crippen LogP contribution in [0.2, 0.25) is 0 Å². The predicted octanol–water partition coefficient (Wildman–Crippen LogP) is 5.47. The van der Waals surface area contributed by atoms with Crippen molar-refractivity contribution >= 4 is 28.3 Å². The van der Waals surface area contributed by atoms with Gasteiger partial charge in [-0.15, -0.1) is 0 Å². The molecule has 0 aliphatic heterocycles. The quantitative estimate of drug-likeness (QED) is 0.479.